The molecule has 5 nitrogen and oxygen atoms in total. The molecule has 1 unspecified atom stereocenters. The van der Waals surface area contributed by atoms with Gasteiger partial charge in [-0.2, -0.15) is 0 Å². The summed E-state index contributed by atoms with van der Waals surface area (Å²) in [7, 11) is 0. The van der Waals surface area contributed by atoms with Crippen LogP contribution in [0.2, 0.25) is 0 Å². The zero-order chi connectivity index (χ0) is 12.3. The quantitative estimate of drug-likeness (QED) is 0.693. The van der Waals surface area contributed by atoms with E-state index < -0.39 is 6.10 Å². The van der Waals surface area contributed by atoms with E-state index in [0.29, 0.717) is 0 Å². The molecule has 0 aliphatic rings. The van der Waals surface area contributed by atoms with Crippen molar-refractivity contribution in [3.05, 3.63) is 18.1 Å². The number of aromatic amines is 1. The molecule has 5 heteroatoms. The van der Waals surface area contributed by atoms with Gasteiger partial charge in [-0.15, -0.1) is 0 Å². The first kappa shape index (κ1) is 11.9. The van der Waals surface area contributed by atoms with Crippen LogP contribution in [0, 0.1) is 0 Å². The highest BCUT2D eigenvalue weighted by Crippen LogP contribution is 2.27. The Kier molecular flexibility index (Phi) is 3.58. The van der Waals surface area contributed by atoms with Crippen LogP contribution in [-0.4, -0.2) is 26.6 Å². The second-order valence-electron chi connectivity index (χ2n) is 4.15. The van der Waals surface area contributed by atoms with Crippen molar-refractivity contribution in [1.29, 1.82) is 0 Å². The third kappa shape index (κ3) is 2.39. The van der Waals surface area contributed by atoms with E-state index in [0.717, 1.165) is 41.8 Å². The van der Waals surface area contributed by atoms with Crippen molar-refractivity contribution in [2.24, 2.45) is 0 Å². The number of hydrogen-bond acceptors (Lipinski definition) is 4. The van der Waals surface area contributed by atoms with Crippen LogP contribution in [-0.2, 0) is 0 Å². The molecule has 2 aromatic heterocycles. The molecule has 0 aliphatic carbocycles. The van der Waals surface area contributed by atoms with Crippen molar-refractivity contribution in [1.82, 2.24) is 15.0 Å². The van der Waals surface area contributed by atoms with Crippen molar-refractivity contribution in [3.8, 4) is 0 Å². The van der Waals surface area contributed by atoms with Gasteiger partial charge in [-0.1, -0.05) is 13.3 Å². The van der Waals surface area contributed by atoms with Gasteiger partial charge in [0.25, 0.3) is 0 Å². The van der Waals surface area contributed by atoms with Crippen LogP contribution in [0.1, 0.15) is 38.4 Å². The number of H-pyrrole nitrogens is 1. The summed E-state index contributed by atoms with van der Waals surface area (Å²) in [6, 6.07) is 0. The van der Waals surface area contributed by atoms with E-state index in [4.69, 9.17) is 0 Å². The summed E-state index contributed by atoms with van der Waals surface area (Å²) in [5, 5.41) is 13.9. The average Bonchev–Trinajstić information content (AvgIpc) is 2.74. The van der Waals surface area contributed by atoms with Crippen molar-refractivity contribution in [2.75, 3.05) is 11.9 Å². The second-order valence-corrected chi connectivity index (χ2v) is 4.15. The summed E-state index contributed by atoms with van der Waals surface area (Å²) < 4.78 is 0. The van der Waals surface area contributed by atoms with Gasteiger partial charge in [0, 0.05) is 18.3 Å². The molecular formula is C12H18N4O. The lowest BCUT2D eigenvalue weighted by molar-refractivity contribution is 0.201. The van der Waals surface area contributed by atoms with Crippen molar-refractivity contribution in [3.63, 3.8) is 0 Å². The fraction of sp³-hybridized carbons (Fsp3) is 0.500. The maximum absolute atomic E-state index is 9.70. The van der Waals surface area contributed by atoms with E-state index in [2.05, 4.69) is 27.2 Å². The molecule has 1 atom stereocenters. The van der Waals surface area contributed by atoms with Gasteiger partial charge in [-0.3, -0.25) is 0 Å². The minimum absolute atomic E-state index is 0.526. The van der Waals surface area contributed by atoms with Gasteiger partial charge in [0.15, 0.2) is 0 Å². The Morgan fingerprint density at radius 3 is 3.00 bits per heavy atom. The van der Waals surface area contributed by atoms with E-state index >= 15 is 0 Å². The molecule has 3 N–H and O–H groups in total. The first-order valence-corrected chi connectivity index (χ1v) is 5.98. The van der Waals surface area contributed by atoms with E-state index in [-0.39, 0.29) is 0 Å². The van der Waals surface area contributed by atoms with Gasteiger partial charge in [-0.25, -0.2) is 9.97 Å². The molecule has 2 aromatic rings. The minimum atomic E-state index is -0.526. The normalized spacial score (nSPS) is 12.9. The molecule has 2 heterocycles. The molecule has 0 aromatic carbocycles. The third-order valence-corrected chi connectivity index (χ3v) is 2.77. The number of nitrogens with zero attached hydrogens (tertiary/aromatic N) is 2. The highest BCUT2D eigenvalue weighted by Gasteiger charge is 2.13. The molecular weight excluding hydrogens is 216 g/mol. The maximum Gasteiger partial charge on any atom is 0.143 e. The predicted octanol–water partition coefficient (Wildman–Crippen LogP) is 2.22. The van der Waals surface area contributed by atoms with Crippen LogP contribution in [0.25, 0.3) is 11.0 Å². The Morgan fingerprint density at radius 2 is 2.29 bits per heavy atom. The Labute approximate surface area is 100 Å². The number of hydrogen-bond donors (Lipinski definition) is 3. The summed E-state index contributed by atoms with van der Waals surface area (Å²) in [4.78, 5) is 11.4. The summed E-state index contributed by atoms with van der Waals surface area (Å²) in [5.74, 6) is 0.792. The Balaban J connectivity index is 2.36. The van der Waals surface area contributed by atoms with E-state index in [9.17, 15) is 5.11 Å². The van der Waals surface area contributed by atoms with Crippen molar-refractivity contribution >= 4 is 16.9 Å². The number of aromatic nitrogens is 3. The monoisotopic (exact) mass is 234 g/mol. The summed E-state index contributed by atoms with van der Waals surface area (Å²) in [6.07, 6.45) is 5.02. The number of nitrogens with one attached hydrogen (secondary N) is 2. The lowest BCUT2D eigenvalue weighted by Crippen LogP contribution is -2.04. The number of fused-ring (bicyclic) bond motifs is 1. The van der Waals surface area contributed by atoms with Crippen LogP contribution in [0.4, 0.5) is 5.82 Å². The Morgan fingerprint density at radius 1 is 1.47 bits per heavy atom. The summed E-state index contributed by atoms with van der Waals surface area (Å²) in [5.41, 5.74) is 1.59. The summed E-state index contributed by atoms with van der Waals surface area (Å²) >= 11 is 0. The molecule has 0 amide bonds. The van der Waals surface area contributed by atoms with Gasteiger partial charge in [0.05, 0.1) is 11.5 Å². The van der Waals surface area contributed by atoms with Gasteiger partial charge < -0.3 is 15.4 Å². The molecule has 92 valence electrons. The van der Waals surface area contributed by atoms with Gasteiger partial charge in [0.1, 0.15) is 17.8 Å². The zero-order valence-electron chi connectivity index (χ0n) is 10.2. The fourth-order valence-electron chi connectivity index (χ4n) is 1.83. The lowest BCUT2D eigenvalue weighted by atomic mass is 10.1. The molecule has 17 heavy (non-hydrogen) atoms. The number of rotatable bonds is 5. The Hall–Kier alpha value is -1.62. The van der Waals surface area contributed by atoms with Crippen LogP contribution in [0.3, 0.4) is 0 Å². The van der Waals surface area contributed by atoms with Crippen LogP contribution >= 0.6 is 0 Å². The van der Waals surface area contributed by atoms with E-state index in [1.807, 2.05) is 0 Å². The van der Waals surface area contributed by atoms with Crippen LogP contribution in [0.5, 0.6) is 0 Å². The lowest BCUT2D eigenvalue weighted by Gasteiger charge is -2.08. The number of anilines is 1. The van der Waals surface area contributed by atoms with E-state index in [1.165, 1.54) is 6.33 Å². The van der Waals surface area contributed by atoms with E-state index in [1.54, 1.807) is 13.1 Å². The minimum Gasteiger partial charge on any atom is -0.389 e. The fourth-order valence-corrected chi connectivity index (χ4v) is 1.83. The number of aliphatic hydroxyl groups excluding tert-OH is 1. The maximum atomic E-state index is 9.70. The zero-order valence-corrected chi connectivity index (χ0v) is 10.2. The van der Waals surface area contributed by atoms with Gasteiger partial charge >= 0.3 is 0 Å². The largest absolute Gasteiger partial charge is 0.389 e. The van der Waals surface area contributed by atoms with Crippen molar-refractivity contribution in [2.45, 2.75) is 32.8 Å². The van der Waals surface area contributed by atoms with Gasteiger partial charge in [0.2, 0.25) is 0 Å². The molecule has 0 spiro atoms. The first-order valence-electron chi connectivity index (χ1n) is 5.98. The number of aliphatic hydroxyl groups is 1. The molecule has 0 aliphatic heterocycles. The molecule has 0 radical (unpaired) electrons. The Bertz CT molecular complexity index is 492. The molecule has 0 fully saturated rings. The summed E-state index contributed by atoms with van der Waals surface area (Å²) in [6.45, 7) is 4.77. The van der Waals surface area contributed by atoms with Crippen LogP contribution in [0.15, 0.2) is 12.5 Å². The average molecular weight is 234 g/mol. The highest BCUT2D eigenvalue weighted by atomic mass is 16.3. The third-order valence-electron chi connectivity index (χ3n) is 2.77. The van der Waals surface area contributed by atoms with Crippen LogP contribution < -0.4 is 5.32 Å². The standard InChI is InChI=1S/C12H18N4O/c1-3-4-5-13-11-10-9(8(2)17)6-14-12(10)16-7-15-11/h6-8,17H,3-5H2,1-2H3,(H2,13,14,15,16). The second kappa shape index (κ2) is 5.14. The highest BCUT2D eigenvalue weighted by molar-refractivity contribution is 5.90. The predicted molar refractivity (Wildman–Crippen MR) is 67.9 cm³/mol. The van der Waals surface area contributed by atoms with Gasteiger partial charge in [-0.05, 0) is 13.3 Å². The van der Waals surface area contributed by atoms with Crippen molar-refractivity contribution < 1.29 is 5.11 Å². The molecule has 0 bridgehead atoms. The smallest absolute Gasteiger partial charge is 0.143 e. The number of unbranched alkanes of at least 4 members (excludes halogenated alkanes) is 1. The molecule has 2 rings (SSSR count). The first-order chi connectivity index (χ1) is 8.24. The molecule has 0 saturated heterocycles. The molecule has 0 saturated carbocycles. The SMILES string of the molecule is CCCCNc1ncnc2[nH]cc(C(C)O)c12. The topological polar surface area (TPSA) is 73.8 Å².